The third kappa shape index (κ3) is 2.69. The Kier molecular flexibility index (Phi) is 4.26. The van der Waals surface area contributed by atoms with Crippen molar-refractivity contribution in [1.82, 2.24) is 9.47 Å². The molecule has 2 heterocycles. The molecule has 6 heteroatoms. The topological polar surface area (TPSA) is 68.6 Å². The molecule has 0 spiro atoms. The summed E-state index contributed by atoms with van der Waals surface area (Å²) < 4.78 is 6.21. The van der Waals surface area contributed by atoms with Gasteiger partial charge >= 0.3 is 6.09 Å². The van der Waals surface area contributed by atoms with Crippen LogP contribution in [-0.2, 0) is 26.2 Å². The maximum Gasteiger partial charge on any atom is 0.418 e. The summed E-state index contributed by atoms with van der Waals surface area (Å²) in [5, 5.41) is 0.810. The summed E-state index contributed by atoms with van der Waals surface area (Å²) in [5.74, 6) is -0.388. The Morgan fingerprint density at radius 1 is 1.11 bits per heavy atom. The molecule has 2 aromatic carbocycles. The predicted molar refractivity (Wildman–Crippen MR) is 104 cm³/mol. The SMILES string of the molecule is COC(=O)n1ccc2cc(C3(Cc4ccccc4)CC(=O)N(C)C3=O)ccc21. The number of likely N-dealkylation sites (N-methyl/N-ethyl adjacent to an activating group) is 1. The third-order valence-electron chi connectivity index (χ3n) is 5.50. The van der Waals surface area contributed by atoms with Crippen LogP contribution in [0.4, 0.5) is 4.79 Å². The molecule has 1 unspecified atom stereocenters. The lowest BCUT2D eigenvalue weighted by molar-refractivity contribution is -0.138. The molecule has 1 aromatic heterocycles. The van der Waals surface area contributed by atoms with Gasteiger partial charge in [0.05, 0.1) is 18.0 Å². The molecule has 4 rings (SSSR count). The number of rotatable bonds is 3. The number of imide groups is 1. The van der Waals surface area contributed by atoms with Crippen LogP contribution in [0.1, 0.15) is 17.5 Å². The van der Waals surface area contributed by atoms with Crippen molar-refractivity contribution >= 4 is 28.8 Å². The van der Waals surface area contributed by atoms with Gasteiger partial charge in [-0.05, 0) is 35.7 Å². The van der Waals surface area contributed by atoms with E-state index in [1.807, 2.05) is 42.5 Å². The van der Waals surface area contributed by atoms with Crippen LogP contribution >= 0.6 is 0 Å². The lowest BCUT2D eigenvalue weighted by Gasteiger charge is -2.27. The molecule has 0 radical (unpaired) electrons. The minimum absolute atomic E-state index is 0.125. The molecule has 0 saturated carbocycles. The number of hydrogen-bond acceptors (Lipinski definition) is 4. The van der Waals surface area contributed by atoms with E-state index in [-0.39, 0.29) is 18.2 Å². The summed E-state index contributed by atoms with van der Waals surface area (Å²) in [6, 6.07) is 17.0. The molecule has 1 aliphatic heterocycles. The molecule has 2 amide bonds. The number of amides is 2. The van der Waals surface area contributed by atoms with Crippen molar-refractivity contribution in [3.63, 3.8) is 0 Å². The second-order valence-electron chi connectivity index (χ2n) is 7.11. The Morgan fingerprint density at radius 2 is 1.86 bits per heavy atom. The first-order valence-corrected chi connectivity index (χ1v) is 9.01. The molecular weight excluding hydrogens is 356 g/mol. The summed E-state index contributed by atoms with van der Waals surface area (Å²) in [6.45, 7) is 0. The van der Waals surface area contributed by atoms with Gasteiger partial charge in [0.2, 0.25) is 11.8 Å². The van der Waals surface area contributed by atoms with Crippen LogP contribution in [0.2, 0.25) is 0 Å². The van der Waals surface area contributed by atoms with Crippen LogP contribution < -0.4 is 0 Å². The van der Waals surface area contributed by atoms with Gasteiger partial charge in [-0.2, -0.15) is 0 Å². The van der Waals surface area contributed by atoms with Gasteiger partial charge in [0.15, 0.2) is 0 Å². The predicted octanol–water partition coefficient (Wildman–Crippen LogP) is 3.13. The molecule has 3 aromatic rings. The van der Waals surface area contributed by atoms with Crippen LogP contribution in [0.15, 0.2) is 60.8 Å². The lowest BCUT2D eigenvalue weighted by Crippen LogP contribution is -2.38. The summed E-state index contributed by atoms with van der Waals surface area (Å²) in [5.41, 5.74) is 1.50. The van der Waals surface area contributed by atoms with Crippen LogP contribution in [0.25, 0.3) is 10.9 Å². The lowest BCUT2D eigenvalue weighted by atomic mass is 9.74. The standard InChI is InChI=1S/C22H20N2O4/c1-23-19(25)14-22(20(23)26,13-15-6-4-3-5-7-15)17-8-9-18-16(12-17)10-11-24(18)21(27)28-2/h3-12H,13-14H2,1-2H3. The maximum absolute atomic E-state index is 13.2. The molecule has 0 aliphatic carbocycles. The van der Waals surface area contributed by atoms with Gasteiger partial charge in [-0.25, -0.2) is 4.79 Å². The smallest absolute Gasteiger partial charge is 0.418 e. The maximum atomic E-state index is 13.2. The van der Waals surface area contributed by atoms with E-state index in [1.54, 1.807) is 18.3 Å². The Balaban J connectivity index is 1.84. The second kappa shape index (κ2) is 6.64. The molecule has 0 bridgehead atoms. The van der Waals surface area contributed by atoms with Gasteiger partial charge in [-0.1, -0.05) is 36.4 Å². The van der Waals surface area contributed by atoms with E-state index < -0.39 is 11.5 Å². The average Bonchev–Trinajstić information content (AvgIpc) is 3.23. The quantitative estimate of drug-likeness (QED) is 0.659. The van der Waals surface area contributed by atoms with Gasteiger partial charge in [-0.15, -0.1) is 0 Å². The van der Waals surface area contributed by atoms with E-state index in [0.29, 0.717) is 11.9 Å². The van der Waals surface area contributed by atoms with Crippen molar-refractivity contribution in [3.8, 4) is 0 Å². The van der Waals surface area contributed by atoms with Crippen LogP contribution in [0, 0.1) is 0 Å². The summed E-state index contributed by atoms with van der Waals surface area (Å²) in [6.07, 6.45) is 1.72. The largest absolute Gasteiger partial charge is 0.452 e. The van der Waals surface area contributed by atoms with Gasteiger partial charge in [-0.3, -0.25) is 19.1 Å². The number of aromatic nitrogens is 1. The summed E-state index contributed by atoms with van der Waals surface area (Å²) in [7, 11) is 2.86. The Bertz CT molecular complexity index is 1090. The fraction of sp³-hybridized carbons (Fsp3) is 0.227. The molecule has 1 aliphatic rings. The number of carbonyl (C=O) groups is 3. The van der Waals surface area contributed by atoms with Crippen molar-refractivity contribution in [2.75, 3.05) is 14.2 Å². The third-order valence-corrected chi connectivity index (χ3v) is 5.50. The minimum atomic E-state index is -0.950. The highest BCUT2D eigenvalue weighted by molar-refractivity contribution is 6.09. The van der Waals surface area contributed by atoms with Crippen molar-refractivity contribution in [3.05, 3.63) is 71.9 Å². The summed E-state index contributed by atoms with van der Waals surface area (Å²) >= 11 is 0. The molecule has 28 heavy (non-hydrogen) atoms. The highest BCUT2D eigenvalue weighted by Gasteiger charge is 2.51. The summed E-state index contributed by atoms with van der Waals surface area (Å²) in [4.78, 5) is 38.7. The van der Waals surface area contributed by atoms with Crippen molar-refractivity contribution in [2.45, 2.75) is 18.3 Å². The molecule has 0 N–H and O–H groups in total. The monoisotopic (exact) mass is 376 g/mol. The minimum Gasteiger partial charge on any atom is -0.452 e. The number of benzene rings is 2. The Labute approximate surface area is 162 Å². The Hall–Kier alpha value is -3.41. The van der Waals surface area contributed by atoms with Crippen LogP contribution in [0.3, 0.4) is 0 Å². The zero-order chi connectivity index (χ0) is 19.9. The van der Waals surface area contributed by atoms with E-state index in [4.69, 9.17) is 4.74 Å². The first kappa shape index (κ1) is 18.0. The second-order valence-corrected chi connectivity index (χ2v) is 7.11. The highest BCUT2D eigenvalue weighted by atomic mass is 16.5. The van der Waals surface area contributed by atoms with Crippen molar-refractivity contribution < 1.29 is 19.1 Å². The zero-order valence-corrected chi connectivity index (χ0v) is 15.7. The fourth-order valence-corrected chi connectivity index (χ4v) is 3.99. The van der Waals surface area contributed by atoms with E-state index in [0.717, 1.165) is 16.5 Å². The van der Waals surface area contributed by atoms with Crippen LogP contribution in [-0.4, -0.2) is 41.5 Å². The molecule has 1 atom stereocenters. The number of fused-ring (bicyclic) bond motifs is 1. The van der Waals surface area contributed by atoms with E-state index in [1.165, 1.54) is 23.6 Å². The first-order valence-electron chi connectivity index (χ1n) is 9.01. The van der Waals surface area contributed by atoms with Gasteiger partial charge in [0, 0.05) is 25.1 Å². The van der Waals surface area contributed by atoms with E-state index in [2.05, 4.69) is 0 Å². The van der Waals surface area contributed by atoms with Crippen molar-refractivity contribution in [2.24, 2.45) is 0 Å². The van der Waals surface area contributed by atoms with Crippen molar-refractivity contribution in [1.29, 1.82) is 0 Å². The van der Waals surface area contributed by atoms with E-state index in [9.17, 15) is 14.4 Å². The average molecular weight is 376 g/mol. The number of methoxy groups -OCH3 is 1. The Morgan fingerprint density at radius 3 is 2.50 bits per heavy atom. The molecule has 142 valence electrons. The molecular formula is C22H20N2O4. The molecule has 1 saturated heterocycles. The first-order chi connectivity index (χ1) is 13.5. The number of likely N-dealkylation sites (tertiary alicyclic amines) is 1. The number of hydrogen-bond donors (Lipinski definition) is 0. The molecule has 6 nitrogen and oxygen atoms in total. The van der Waals surface area contributed by atoms with Crippen LogP contribution in [0.5, 0.6) is 0 Å². The van der Waals surface area contributed by atoms with Gasteiger partial charge in [0.25, 0.3) is 0 Å². The zero-order valence-electron chi connectivity index (χ0n) is 15.7. The number of ether oxygens (including phenoxy) is 1. The normalized spacial score (nSPS) is 19.4. The number of carbonyl (C=O) groups excluding carboxylic acids is 3. The molecule has 1 fully saturated rings. The van der Waals surface area contributed by atoms with Gasteiger partial charge < -0.3 is 4.74 Å². The van der Waals surface area contributed by atoms with Gasteiger partial charge in [0.1, 0.15) is 0 Å². The fourth-order valence-electron chi connectivity index (χ4n) is 3.99. The van der Waals surface area contributed by atoms with E-state index >= 15 is 0 Å². The highest BCUT2D eigenvalue weighted by Crippen LogP contribution is 2.40. The number of nitrogens with zero attached hydrogens (tertiary/aromatic N) is 2.